The number of rotatable bonds is 3. The molecule has 0 amide bonds. The fourth-order valence-corrected chi connectivity index (χ4v) is 19.4. The van der Waals surface area contributed by atoms with Crippen molar-refractivity contribution in [3.8, 4) is 11.1 Å². The molecule has 1 unspecified atom stereocenters. The molecule has 127 valence electrons. The van der Waals surface area contributed by atoms with Crippen LogP contribution in [-0.2, 0) is 17.1 Å². The molecular formula is C24H23SiTi. The molecule has 3 aromatic rings. The van der Waals surface area contributed by atoms with Crippen LogP contribution in [-0.4, -0.2) is 6.66 Å². The van der Waals surface area contributed by atoms with Crippen molar-refractivity contribution < 1.29 is 17.1 Å². The van der Waals surface area contributed by atoms with Crippen molar-refractivity contribution in [2.75, 3.05) is 0 Å². The molecule has 0 bridgehead atoms. The first kappa shape index (κ1) is 16.5. The Morgan fingerprint density at radius 2 is 1.23 bits per heavy atom. The second-order valence-corrected chi connectivity index (χ2v) is 21.6. The third-order valence-corrected chi connectivity index (χ3v) is 20.3. The summed E-state index contributed by atoms with van der Waals surface area (Å²) in [5.74, 6) is 0. The average molecular weight is 387 g/mol. The molecular weight excluding hydrogens is 364 g/mol. The van der Waals surface area contributed by atoms with Crippen LogP contribution in [0, 0.1) is 0 Å². The van der Waals surface area contributed by atoms with Crippen LogP contribution < -0.4 is 0 Å². The van der Waals surface area contributed by atoms with Gasteiger partial charge in [-0.15, -0.1) is 0 Å². The molecule has 0 saturated heterocycles. The molecule has 0 saturated carbocycles. The number of hydrogen-bond acceptors (Lipinski definition) is 0. The Labute approximate surface area is 163 Å². The summed E-state index contributed by atoms with van der Waals surface area (Å²) in [5, 5.41) is 0. The Balaban J connectivity index is 1.69. The van der Waals surface area contributed by atoms with Gasteiger partial charge in [-0.3, -0.25) is 0 Å². The van der Waals surface area contributed by atoms with Crippen molar-refractivity contribution in [3.63, 3.8) is 0 Å². The fraction of sp³-hybridized carbons (Fsp3) is 0.167. The van der Waals surface area contributed by atoms with E-state index in [1.165, 1.54) is 16.7 Å². The van der Waals surface area contributed by atoms with Gasteiger partial charge in [0.2, 0.25) is 0 Å². The minimum atomic E-state index is -1.42. The second kappa shape index (κ2) is 6.49. The van der Waals surface area contributed by atoms with E-state index in [2.05, 4.69) is 98.0 Å². The molecule has 0 spiro atoms. The zero-order valence-electron chi connectivity index (χ0n) is 15.3. The van der Waals surface area contributed by atoms with Crippen LogP contribution in [0.3, 0.4) is 0 Å². The van der Waals surface area contributed by atoms with Gasteiger partial charge in [-0.25, -0.2) is 0 Å². The first-order valence-corrected chi connectivity index (χ1v) is 17.0. The Hall–Kier alpha value is -1.67. The quantitative estimate of drug-likeness (QED) is 0.475. The molecule has 5 rings (SSSR count). The van der Waals surface area contributed by atoms with Crippen LogP contribution in [0.5, 0.6) is 0 Å². The van der Waals surface area contributed by atoms with Crippen LogP contribution in [0.1, 0.15) is 30.7 Å². The van der Waals surface area contributed by atoms with Crippen molar-refractivity contribution in [1.82, 2.24) is 0 Å². The zero-order chi connectivity index (χ0) is 17.7. The summed E-state index contributed by atoms with van der Waals surface area (Å²) >= 11 is -1.42. The molecule has 0 nitrogen and oxygen atoms in total. The van der Waals surface area contributed by atoms with E-state index in [4.69, 9.17) is 0 Å². The zero-order valence-corrected chi connectivity index (χ0v) is 18.0. The standard InChI is InChI=1S/C13H9.C9H7.C2H7Si.Ti/c1-3-7-12-10(5-1)9-11-6-2-4-8-13(11)12;1-2-5-9-7-3-6-8(9)4-1;1-3-2;/h1-9H;1-7H;3H,1-2H3;. The number of allylic oxidation sites excluding steroid dienone is 1. The first-order valence-electron chi connectivity index (χ1n) is 9.57. The van der Waals surface area contributed by atoms with Crippen molar-refractivity contribution in [1.29, 1.82) is 0 Å². The molecule has 2 heteroatoms. The molecule has 0 aliphatic heterocycles. The Morgan fingerprint density at radius 1 is 0.692 bits per heavy atom. The summed E-state index contributed by atoms with van der Waals surface area (Å²) in [5.41, 5.74) is 9.26. The van der Waals surface area contributed by atoms with Crippen molar-refractivity contribution >= 4 is 12.7 Å². The maximum atomic E-state index is 2.60. The second-order valence-electron chi connectivity index (χ2n) is 7.73. The molecule has 26 heavy (non-hydrogen) atoms. The number of hydrogen-bond donors (Lipinski definition) is 0. The molecule has 0 N–H and O–H groups in total. The first-order chi connectivity index (χ1) is 12.8. The van der Waals surface area contributed by atoms with E-state index in [1.54, 1.807) is 16.7 Å². The van der Waals surface area contributed by atoms with Gasteiger partial charge < -0.3 is 0 Å². The molecule has 0 heterocycles. The van der Waals surface area contributed by atoms with E-state index in [1.807, 2.05) is 0 Å². The van der Waals surface area contributed by atoms with E-state index < -0.39 is 23.8 Å². The average Bonchev–Trinajstić information content (AvgIpc) is 3.23. The van der Waals surface area contributed by atoms with E-state index in [-0.39, 0.29) is 0 Å². The van der Waals surface area contributed by atoms with Gasteiger partial charge in [-0.05, 0) is 0 Å². The van der Waals surface area contributed by atoms with Crippen LogP contribution in [0.25, 0.3) is 17.2 Å². The fourth-order valence-electron chi connectivity index (χ4n) is 4.93. The molecule has 0 radical (unpaired) electrons. The van der Waals surface area contributed by atoms with Crippen LogP contribution >= 0.6 is 0 Å². The topological polar surface area (TPSA) is 0 Å². The number of fused-ring (bicyclic) bond motifs is 4. The van der Waals surface area contributed by atoms with Crippen LogP contribution in [0.2, 0.25) is 13.1 Å². The predicted octanol–water partition coefficient (Wildman–Crippen LogP) is 6.13. The van der Waals surface area contributed by atoms with E-state index in [0.29, 0.717) is 8.45 Å². The molecule has 0 aromatic heterocycles. The summed E-state index contributed by atoms with van der Waals surface area (Å²) in [7, 11) is 0. The van der Waals surface area contributed by atoms with Gasteiger partial charge in [0.05, 0.1) is 0 Å². The van der Waals surface area contributed by atoms with Gasteiger partial charge in [-0.2, -0.15) is 0 Å². The maximum absolute atomic E-state index is 2.60. The Bertz CT molecular complexity index is 959. The number of benzene rings is 3. The molecule has 2 aliphatic rings. The van der Waals surface area contributed by atoms with Gasteiger partial charge in [-0.1, -0.05) is 0 Å². The van der Waals surface area contributed by atoms with Gasteiger partial charge >= 0.3 is 164 Å². The van der Waals surface area contributed by atoms with Crippen molar-refractivity contribution in [3.05, 3.63) is 101 Å². The molecule has 3 aromatic carbocycles. The molecule has 0 fully saturated rings. The van der Waals surface area contributed by atoms with Crippen molar-refractivity contribution in [2.24, 2.45) is 0 Å². The van der Waals surface area contributed by atoms with Crippen molar-refractivity contribution in [2.45, 2.75) is 21.5 Å². The predicted molar refractivity (Wildman–Crippen MR) is 111 cm³/mol. The monoisotopic (exact) mass is 387 g/mol. The third kappa shape index (κ3) is 2.46. The summed E-state index contributed by atoms with van der Waals surface area (Å²) in [6.07, 6.45) is 4.94. The Kier molecular flexibility index (Phi) is 4.12. The third-order valence-electron chi connectivity index (χ3n) is 5.99. The normalized spacial score (nSPS) is 17.3. The Morgan fingerprint density at radius 3 is 1.85 bits per heavy atom. The van der Waals surface area contributed by atoms with E-state index >= 15 is 0 Å². The summed E-state index contributed by atoms with van der Waals surface area (Å²) < 4.78 is 1.40. The van der Waals surface area contributed by atoms with E-state index in [0.717, 1.165) is 0 Å². The van der Waals surface area contributed by atoms with E-state index in [9.17, 15) is 0 Å². The van der Waals surface area contributed by atoms with Crippen LogP contribution in [0.4, 0.5) is 0 Å². The molecule has 2 aliphatic carbocycles. The minimum absolute atomic E-state index is 0.690. The van der Waals surface area contributed by atoms with Gasteiger partial charge in [0.15, 0.2) is 0 Å². The van der Waals surface area contributed by atoms with Gasteiger partial charge in [0, 0.05) is 0 Å². The summed E-state index contributed by atoms with van der Waals surface area (Å²) in [6.45, 7) is 4.46. The van der Waals surface area contributed by atoms with Gasteiger partial charge in [0.1, 0.15) is 0 Å². The summed E-state index contributed by atoms with van der Waals surface area (Å²) in [4.78, 5) is 0. The summed E-state index contributed by atoms with van der Waals surface area (Å²) in [6, 6.07) is 27.5. The van der Waals surface area contributed by atoms with Crippen LogP contribution in [0.15, 0.2) is 78.9 Å². The molecule has 1 atom stereocenters. The SMILES string of the molecule is C[SiH](C)[Ti]([CH]1C=Cc2ccccc21)[CH]1c2ccccc2-c2ccccc21. The van der Waals surface area contributed by atoms with Gasteiger partial charge in [0.25, 0.3) is 0 Å².